The predicted octanol–water partition coefficient (Wildman–Crippen LogP) is 3.76. The van der Waals surface area contributed by atoms with Crippen LogP contribution >= 0.6 is 0 Å². The van der Waals surface area contributed by atoms with Gasteiger partial charge in [0.15, 0.2) is 5.78 Å². The van der Waals surface area contributed by atoms with E-state index in [0.29, 0.717) is 12.5 Å². The van der Waals surface area contributed by atoms with Crippen molar-refractivity contribution in [2.75, 3.05) is 20.2 Å². The van der Waals surface area contributed by atoms with Crippen molar-refractivity contribution in [2.45, 2.75) is 51.5 Å². The van der Waals surface area contributed by atoms with E-state index in [1.807, 2.05) is 19.1 Å². The van der Waals surface area contributed by atoms with Crippen LogP contribution in [0.25, 0.3) is 0 Å². The molecule has 1 fully saturated rings. The maximum absolute atomic E-state index is 12.4. The third-order valence-corrected chi connectivity index (χ3v) is 4.97. The molecule has 114 valence electrons. The number of benzene rings is 1. The van der Waals surface area contributed by atoms with Gasteiger partial charge in [-0.3, -0.25) is 9.69 Å². The molecule has 1 heterocycles. The number of hydrogen-bond donors (Lipinski definition) is 0. The zero-order valence-electron chi connectivity index (χ0n) is 13.2. The number of methoxy groups -OCH3 is 1. The summed E-state index contributed by atoms with van der Waals surface area (Å²) in [5.41, 5.74) is 3.49. The van der Waals surface area contributed by atoms with E-state index in [1.165, 1.54) is 49.9 Å². The molecule has 1 atom stereocenters. The van der Waals surface area contributed by atoms with Crippen LogP contribution in [0.2, 0.25) is 0 Å². The van der Waals surface area contributed by atoms with E-state index in [2.05, 4.69) is 4.90 Å². The third kappa shape index (κ3) is 2.59. The van der Waals surface area contributed by atoms with Gasteiger partial charge in [0.1, 0.15) is 5.75 Å². The quantitative estimate of drug-likeness (QED) is 0.790. The Morgan fingerprint density at radius 3 is 2.71 bits per heavy atom. The van der Waals surface area contributed by atoms with Crippen molar-refractivity contribution in [2.24, 2.45) is 0 Å². The van der Waals surface area contributed by atoms with Crippen LogP contribution in [0.3, 0.4) is 0 Å². The Morgan fingerprint density at radius 1 is 1.29 bits per heavy atom. The Morgan fingerprint density at radius 2 is 2.05 bits per heavy atom. The molecule has 0 unspecified atom stereocenters. The van der Waals surface area contributed by atoms with E-state index >= 15 is 0 Å². The molecule has 1 saturated heterocycles. The first-order valence-corrected chi connectivity index (χ1v) is 8.23. The summed E-state index contributed by atoms with van der Waals surface area (Å²) in [4.78, 5) is 15.0. The SMILES string of the molecule is CCC(=O)c1ccc(OC)c2c1[C@@H](N1CCCC1)CCC2. The molecular formula is C18H25NO2. The fraction of sp³-hybridized carbons (Fsp3) is 0.611. The van der Waals surface area contributed by atoms with Crippen LogP contribution in [0.5, 0.6) is 5.75 Å². The van der Waals surface area contributed by atoms with Gasteiger partial charge < -0.3 is 4.74 Å². The minimum absolute atomic E-state index is 0.264. The second-order valence-corrected chi connectivity index (χ2v) is 6.14. The van der Waals surface area contributed by atoms with Crippen LogP contribution in [-0.4, -0.2) is 30.9 Å². The summed E-state index contributed by atoms with van der Waals surface area (Å²) >= 11 is 0. The van der Waals surface area contributed by atoms with Gasteiger partial charge in [0.05, 0.1) is 7.11 Å². The summed E-state index contributed by atoms with van der Waals surface area (Å²) in [6, 6.07) is 4.38. The second-order valence-electron chi connectivity index (χ2n) is 6.14. The van der Waals surface area contributed by atoms with Crippen LogP contribution in [0.15, 0.2) is 12.1 Å². The fourth-order valence-electron chi connectivity index (χ4n) is 3.94. The van der Waals surface area contributed by atoms with Gasteiger partial charge in [0.2, 0.25) is 0 Å². The Labute approximate surface area is 127 Å². The van der Waals surface area contributed by atoms with Crippen LogP contribution < -0.4 is 4.74 Å². The average Bonchev–Trinajstić information content (AvgIpc) is 3.06. The average molecular weight is 287 g/mol. The Bertz CT molecular complexity index is 532. The zero-order valence-corrected chi connectivity index (χ0v) is 13.2. The molecule has 0 N–H and O–H groups in total. The molecule has 0 spiro atoms. The van der Waals surface area contributed by atoms with Crippen LogP contribution in [0.1, 0.15) is 66.6 Å². The number of rotatable bonds is 4. The van der Waals surface area contributed by atoms with Crippen molar-refractivity contribution < 1.29 is 9.53 Å². The first kappa shape index (κ1) is 14.6. The Balaban J connectivity index is 2.10. The molecule has 0 saturated carbocycles. The maximum atomic E-state index is 12.4. The highest BCUT2D eigenvalue weighted by atomic mass is 16.5. The normalized spacial score (nSPS) is 22.1. The summed E-state index contributed by atoms with van der Waals surface area (Å²) in [5.74, 6) is 1.22. The van der Waals surface area contributed by atoms with E-state index in [-0.39, 0.29) is 5.78 Å². The lowest BCUT2D eigenvalue weighted by Gasteiger charge is -2.35. The van der Waals surface area contributed by atoms with E-state index < -0.39 is 0 Å². The number of carbonyl (C=O) groups is 1. The zero-order chi connectivity index (χ0) is 14.8. The number of hydrogen-bond acceptors (Lipinski definition) is 3. The number of nitrogens with zero attached hydrogens (tertiary/aromatic N) is 1. The largest absolute Gasteiger partial charge is 0.496 e. The van der Waals surface area contributed by atoms with Gasteiger partial charge in [-0.15, -0.1) is 0 Å². The van der Waals surface area contributed by atoms with Gasteiger partial charge in [-0.05, 0) is 68.5 Å². The minimum atomic E-state index is 0.264. The highest BCUT2D eigenvalue weighted by molar-refractivity contribution is 5.98. The lowest BCUT2D eigenvalue weighted by atomic mass is 9.82. The van der Waals surface area contributed by atoms with Gasteiger partial charge in [-0.25, -0.2) is 0 Å². The summed E-state index contributed by atoms with van der Waals surface area (Å²) in [6.07, 6.45) is 6.54. The lowest BCUT2D eigenvalue weighted by molar-refractivity contribution is 0.0983. The standard InChI is InChI=1S/C18H25NO2/c1-3-16(20)13-9-10-17(21-2)14-7-6-8-15(18(13)14)19-11-4-5-12-19/h9-10,15H,3-8,11-12H2,1-2H3/t15-/m0/s1. The van der Waals surface area contributed by atoms with Crippen molar-refractivity contribution in [3.63, 3.8) is 0 Å². The first-order valence-electron chi connectivity index (χ1n) is 8.23. The molecule has 1 aromatic rings. The third-order valence-electron chi connectivity index (χ3n) is 4.97. The molecule has 21 heavy (non-hydrogen) atoms. The molecule has 3 nitrogen and oxygen atoms in total. The Hall–Kier alpha value is -1.35. The summed E-state index contributed by atoms with van der Waals surface area (Å²) in [7, 11) is 1.73. The minimum Gasteiger partial charge on any atom is -0.496 e. The number of carbonyl (C=O) groups excluding carboxylic acids is 1. The van der Waals surface area contributed by atoms with Crippen LogP contribution in [-0.2, 0) is 6.42 Å². The van der Waals surface area contributed by atoms with Gasteiger partial charge in [0, 0.05) is 18.0 Å². The molecule has 0 amide bonds. The van der Waals surface area contributed by atoms with E-state index in [9.17, 15) is 4.79 Å². The van der Waals surface area contributed by atoms with Crippen molar-refractivity contribution in [3.8, 4) is 5.75 Å². The highest BCUT2D eigenvalue weighted by Gasteiger charge is 2.32. The number of Topliss-reactive ketones (excluding diaryl/α,β-unsaturated/α-hetero) is 1. The molecule has 2 aliphatic rings. The highest BCUT2D eigenvalue weighted by Crippen LogP contribution is 2.42. The molecule has 0 aromatic heterocycles. The summed E-state index contributed by atoms with van der Waals surface area (Å²) in [6.45, 7) is 4.29. The van der Waals surface area contributed by atoms with E-state index in [4.69, 9.17) is 4.74 Å². The number of fused-ring (bicyclic) bond motifs is 1. The molecular weight excluding hydrogens is 262 g/mol. The van der Waals surface area contributed by atoms with E-state index in [0.717, 1.165) is 17.7 Å². The second kappa shape index (κ2) is 6.18. The molecule has 3 rings (SSSR count). The molecule has 1 aromatic carbocycles. The van der Waals surface area contributed by atoms with E-state index in [1.54, 1.807) is 7.11 Å². The van der Waals surface area contributed by atoms with Crippen molar-refractivity contribution in [1.29, 1.82) is 0 Å². The maximum Gasteiger partial charge on any atom is 0.162 e. The number of ketones is 1. The van der Waals surface area contributed by atoms with Gasteiger partial charge in [-0.2, -0.15) is 0 Å². The van der Waals surface area contributed by atoms with Crippen LogP contribution in [0, 0.1) is 0 Å². The van der Waals surface area contributed by atoms with Crippen molar-refractivity contribution >= 4 is 5.78 Å². The number of ether oxygens (including phenoxy) is 1. The lowest BCUT2D eigenvalue weighted by Crippen LogP contribution is -2.30. The Kier molecular flexibility index (Phi) is 4.29. The monoisotopic (exact) mass is 287 g/mol. The van der Waals surface area contributed by atoms with Crippen molar-refractivity contribution in [3.05, 3.63) is 28.8 Å². The number of likely N-dealkylation sites (tertiary alicyclic amines) is 1. The first-order chi connectivity index (χ1) is 10.3. The van der Waals surface area contributed by atoms with Crippen LogP contribution in [0.4, 0.5) is 0 Å². The molecule has 3 heteroatoms. The van der Waals surface area contributed by atoms with Crippen molar-refractivity contribution in [1.82, 2.24) is 4.90 Å². The molecule has 0 bridgehead atoms. The molecule has 1 aliphatic heterocycles. The predicted molar refractivity (Wildman–Crippen MR) is 84.1 cm³/mol. The molecule has 1 aliphatic carbocycles. The fourth-order valence-corrected chi connectivity index (χ4v) is 3.94. The smallest absolute Gasteiger partial charge is 0.162 e. The summed E-state index contributed by atoms with van der Waals surface area (Å²) in [5, 5.41) is 0. The summed E-state index contributed by atoms with van der Waals surface area (Å²) < 4.78 is 5.56. The van der Waals surface area contributed by atoms with Gasteiger partial charge >= 0.3 is 0 Å². The van der Waals surface area contributed by atoms with Gasteiger partial charge in [-0.1, -0.05) is 6.92 Å². The topological polar surface area (TPSA) is 29.5 Å². The molecule has 0 radical (unpaired) electrons. The van der Waals surface area contributed by atoms with Gasteiger partial charge in [0.25, 0.3) is 0 Å².